The van der Waals surface area contributed by atoms with Crippen molar-refractivity contribution in [2.75, 3.05) is 12.4 Å². The highest BCUT2D eigenvalue weighted by Gasteiger charge is 2.63. The molecule has 1 amide bonds. The topological polar surface area (TPSA) is 155 Å². The SMILES string of the molecule is COC(=O)C1=C(C)OC(=N)C(C#N)C12C(=O)Nc1ccc([N+](=O)[O-])cc12. The summed E-state index contributed by atoms with van der Waals surface area (Å²) in [5, 5.41) is 31.3. The average molecular weight is 356 g/mol. The molecule has 1 spiro atoms. The largest absolute Gasteiger partial charge is 0.466 e. The van der Waals surface area contributed by atoms with Gasteiger partial charge in [0.1, 0.15) is 17.1 Å². The van der Waals surface area contributed by atoms with Crippen molar-refractivity contribution in [3.05, 3.63) is 45.2 Å². The number of allylic oxidation sites excluding steroid dienone is 1. The number of fused-ring (bicyclic) bond motifs is 2. The summed E-state index contributed by atoms with van der Waals surface area (Å²) in [6, 6.07) is 5.44. The highest BCUT2D eigenvalue weighted by molar-refractivity contribution is 6.18. The predicted molar refractivity (Wildman–Crippen MR) is 86.0 cm³/mol. The molecular weight excluding hydrogens is 344 g/mol. The summed E-state index contributed by atoms with van der Waals surface area (Å²) in [7, 11) is 1.10. The van der Waals surface area contributed by atoms with Crippen LogP contribution in [-0.4, -0.2) is 29.8 Å². The number of amides is 1. The van der Waals surface area contributed by atoms with Crippen LogP contribution in [0.5, 0.6) is 0 Å². The summed E-state index contributed by atoms with van der Waals surface area (Å²) in [5.74, 6) is -3.80. The van der Waals surface area contributed by atoms with Crippen LogP contribution in [-0.2, 0) is 24.5 Å². The zero-order valence-electron chi connectivity index (χ0n) is 13.7. The van der Waals surface area contributed by atoms with Crippen LogP contribution >= 0.6 is 0 Å². The van der Waals surface area contributed by atoms with Crippen molar-refractivity contribution in [1.82, 2.24) is 0 Å². The van der Waals surface area contributed by atoms with Gasteiger partial charge in [-0.2, -0.15) is 5.26 Å². The molecule has 0 saturated carbocycles. The van der Waals surface area contributed by atoms with Gasteiger partial charge in [0.2, 0.25) is 11.8 Å². The van der Waals surface area contributed by atoms with Crippen molar-refractivity contribution >= 4 is 29.1 Å². The van der Waals surface area contributed by atoms with Gasteiger partial charge in [-0.15, -0.1) is 0 Å². The molecule has 2 unspecified atom stereocenters. The zero-order valence-corrected chi connectivity index (χ0v) is 13.7. The quantitative estimate of drug-likeness (QED) is 0.460. The van der Waals surface area contributed by atoms with Crippen LogP contribution in [0.25, 0.3) is 0 Å². The molecule has 2 heterocycles. The van der Waals surface area contributed by atoms with E-state index in [0.29, 0.717) is 0 Å². The monoisotopic (exact) mass is 356 g/mol. The molecule has 1 aromatic carbocycles. The fraction of sp³-hybridized carbons (Fsp3) is 0.250. The van der Waals surface area contributed by atoms with Gasteiger partial charge in [0.15, 0.2) is 0 Å². The van der Waals surface area contributed by atoms with E-state index >= 15 is 0 Å². The number of nitriles is 1. The summed E-state index contributed by atoms with van der Waals surface area (Å²) in [6.45, 7) is 1.36. The predicted octanol–water partition coefficient (Wildman–Crippen LogP) is 1.38. The molecule has 0 aliphatic carbocycles. The van der Waals surface area contributed by atoms with Crippen LogP contribution in [0, 0.1) is 32.8 Å². The van der Waals surface area contributed by atoms with Crippen molar-refractivity contribution in [2.45, 2.75) is 12.3 Å². The Morgan fingerprint density at radius 1 is 1.54 bits per heavy atom. The van der Waals surface area contributed by atoms with E-state index in [9.17, 15) is 25.0 Å². The van der Waals surface area contributed by atoms with Gasteiger partial charge in [-0.25, -0.2) is 4.79 Å². The Bertz CT molecular complexity index is 960. The minimum absolute atomic E-state index is 0.0519. The highest BCUT2D eigenvalue weighted by atomic mass is 16.6. The number of carbonyl (C=O) groups is 2. The number of non-ortho nitro benzene ring substituents is 1. The maximum absolute atomic E-state index is 13.0. The third kappa shape index (κ3) is 2.00. The van der Waals surface area contributed by atoms with Gasteiger partial charge in [0.25, 0.3) is 5.69 Å². The Labute approximate surface area is 146 Å². The third-order valence-electron chi connectivity index (χ3n) is 4.47. The summed E-state index contributed by atoms with van der Waals surface area (Å²) in [5.41, 5.74) is -2.29. The first kappa shape index (κ1) is 17.1. The van der Waals surface area contributed by atoms with Crippen molar-refractivity contribution in [2.24, 2.45) is 5.92 Å². The van der Waals surface area contributed by atoms with Crippen LogP contribution in [0.4, 0.5) is 11.4 Å². The molecule has 10 heteroatoms. The number of nitro groups is 1. The van der Waals surface area contributed by atoms with Crippen LogP contribution in [0.15, 0.2) is 29.5 Å². The Morgan fingerprint density at radius 2 is 2.23 bits per heavy atom. The molecule has 26 heavy (non-hydrogen) atoms. The molecule has 0 saturated heterocycles. The molecule has 2 atom stereocenters. The summed E-state index contributed by atoms with van der Waals surface area (Å²) in [4.78, 5) is 35.9. The molecular formula is C16H12N4O6. The number of nitro benzene ring substituents is 1. The number of methoxy groups -OCH3 is 1. The number of anilines is 1. The minimum Gasteiger partial charge on any atom is -0.466 e. The van der Waals surface area contributed by atoms with Gasteiger partial charge in [-0.1, -0.05) is 0 Å². The lowest BCUT2D eigenvalue weighted by molar-refractivity contribution is -0.384. The first-order valence-corrected chi connectivity index (χ1v) is 7.35. The maximum Gasteiger partial charge on any atom is 0.338 e. The third-order valence-corrected chi connectivity index (χ3v) is 4.47. The van der Waals surface area contributed by atoms with Crippen molar-refractivity contribution in [3.8, 4) is 6.07 Å². The lowest BCUT2D eigenvalue weighted by Crippen LogP contribution is -2.52. The smallest absolute Gasteiger partial charge is 0.338 e. The summed E-state index contributed by atoms with van der Waals surface area (Å²) >= 11 is 0. The molecule has 10 nitrogen and oxygen atoms in total. The first-order valence-electron chi connectivity index (χ1n) is 7.35. The van der Waals surface area contributed by atoms with Gasteiger partial charge in [0.05, 0.1) is 23.7 Å². The maximum atomic E-state index is 13.0. The van der Waals surface area contributed by atoms with Crippen molar-refractivity contribution < 1.29 is 24.0 Å². The Morgan fingerprint density at radius 3 is 2.81 bits per heavy atom. The summed E-state index contributed by atoms with van der Waals surface area (Å²) in [6.07, 6.45) is 0. The molecule has 0 fully saturated rings. The van der Waals surface area contributed by atoms with E-state index in [4.69, 9.17) is 14.9 Å². The van der Waals surface area contributed by atoms with E-state index in [1.54, 1.807) is 0 Å². The van der Waals surface area contributed by atoms with Crippen LogP contribution < -0.4 is 5.32 Å². The number of rotatable bonds is 2. The van der Waals surface area contributed by atoms with Crippen LogP contribution in [0.3, 0.4) is 0 Å². The molecule has 2 N–H and O–H groups in total. The van der Waals surface area contributed by atoms with Gasteiger partial charge in [0, 0.05) is 23.4 Å². The number of ether oxygens (including phenoxy) is 2. The normalized spacial score (nSPS) is 23.8. The van der Waals surface area contributed by atoms with Crippen molar-refractivity contribution in [1.29, 1.82) is 10.7 Å². The van der Waals surface area contributed by atoms with Crippen LogP contribution in [0.1, 0.15) is 12.5 Å². The van der Waals surface area contributed by atoms with Gasteiger partial charge < -0.3 is 14.8 Å². The molecule has 0 aromatic heterocycles. The number of nitrogens with one attached hydrogen (secondary N) is 2. The molecule has 3 rings (SSSR count). The molecule has 0 radical (unpaired) electrons. The molecule has 0 bridgehead atoms. The Hall–Kier alpha value is -3.74. The lowest BCUT2D eigenvalue weighted by Gasteiger charge is -2.37. The van der Waals surface area contributed by atoms with Gasteiger partial charge >= 0.3 is 5.97 Å². The lowest BCUT2D eigenvalue weighted by atomic mass is 9.64. The second kappa shape index (κ2) is 5.66. The minimum atomic E-state index is -1.97. The standard InChI is InChI=1S/C16H12N4O6/c1-7-12(14(21)25-2)16(10(6-17)13(18)26-7)9-5-8(20(23)24)3-4-11(9)19-15(16)22/h3-5,10,18H,1-2H3,(H,19,22). The Balaban J connectivity index is 2.44. The highest BCUT2D eigenvalue weighted by Crippen LogP contribution is 2.52. The Kier molecular flexibility index (Phi) is 3.72. The van der Waals surface area contributed by atoms with Gasteiger partial charge in [-0.3, -0.25) is 20.3 Å². The fourth-order valence-electron chi connectivity index (χ4n) is 3.41. The second-order valence-electron chi connectivity index (χ2n) is 5.70. The van der Waals surface area contributed by atoms with E-state index in [1.165, 1.54) is 19.1 Å². The van der Waals surface area contributed by atoms with E-state index < -0.39 is 34.0 Å². The first-order chi connectivity index (χ1) is 12.3. The number of hydrogen-bond acceptors (Lipinski definition) is 8. The molecule has 132 valence electrons. The molecule has 2 aliphatic rings. The molecule has 1 aromatic rings. The van der Waals surface area contributed by atoms with E-state index in [1.807, 2.05) is 6.07 Å². The number of hydrogen-bond donors (Lipinski definition) is 2. The summed E-state index contributed by atoms with van der Waals surface area (Å²) < 4.78 is 9.92. The second-order valence-corrected chi connectivity index (χ2v) is 5.70. The number of esters is 1. The van der Waals surface area contributed by atoms with Crippen molar-refractivity contribution in [3.63, 3.8) is 0 Å². The zero-order chi connectivity index (χ0) is 19.2. The van der Waals surface area contributed by atoms with E-state index in [2.05, 4.69) is 5.32 Å². The average Bonchev–Trinajstić information content (AvgIpc) is 2.86. The van der Waals surface area contributed by atoms with Crippen LogP contribution in [0.2, 0.25) is 0 Å². The fourth-order valence-corrected chi connectivity index (χ4v) is 3.41. The van der Waals surface area contributed by atoms with Gasteiger partial charge in [-0.05, 0) is 13.0 Å². The van der Waals surface area contributed by atoms with E-state index in [-0.39, 0.29) is 28.3 Å². The molecule has 2 aliphatic heterocycles. The van der Waals surface area contributed by atoms with E-state index in [0.717, 1.165) is 13.2 Å². The number of carbonyl (C=O) groups excluding carboxylic acids is 2. The number of nitrogens with zero attached hydrogens (tertiary/aromatic N) is 2. The number of benzene rings is 1.